The molecule has 0 saturated heterocycles. The standard InChI is InChI=1S/C24H26N2O3S/c1-17(19-8-9-19)26(13-18-6-10-22(28-2)11-7-18)24(27)20-4-3-5-23(12-20)29-14-21-15-30-16-25-21/h3-7,10-12,15-17,19H,8-9,13-14H2,1-2H3. The van der Waals surface area contributed by atoms with Gasteiger partial charge in [-0.15, -0.1) is 11.3 Å². The quantitative estimate of drug-likeness (QED) is 0.477. The van der Waals surface area contributed by atoms with Crippen LogP contribution in [0.5, 0.6) is 11.5 Å². The topological polar surface area (TPSA) is 51.7 Å². The smallest absolute Gasteiger partial charge is 0.254 e. The fraction of sp³-hybridized carbons (Fsp3) is 0.333. The van der Waals surface area contributed by atoms with Crippen LogP contribution in [0.4, 0.5) is 0 Å². The van der Waals surface area contributed by atoms with E-state index in [1.54, 1.807) is 24.0 Å². The summed E-state index contributed by atoms with van der Waals surface area (Å²) in [5, 5.41) is 1.96. The monoisotopic (exact) mass is 422 g/mol. The maximum absolute atomic E-state index is 13.5. The largest absolute Gasteiger partial charge is 0.497 e. The minimum absolute atomic E-state index is 0.0318. The van der Waals surface area contributed by atoms with E-state index in [2.05, 4.69) is 11.9 Å². The van der Waals surface area contributed by atoms with Gasteiger partial charge in [-0.25, -0.2) is 4.98 Å². The number of hydrogen-bond donors (Lipinski definition) is 0. The van der Waals surface area contributed by atoms with Gasteiger partial charge in [0.15, 0.2) is 0 Å². The first-order valence-electron chi connectivity index (χ1n) is 10.2. The van der Waals surface area contributed by atoms with Crippen LogP contribution < -0.4 is 9.47 Å². The molecule has 0 bridgehead atoms. The van der Waals surface area contributed by atoms with Gasteiger partial charge >= 0.3 is 0 Å². The first-order valence-corrected chi connectivity index (χ1v) is 11.1. The van der Waals surface area contributed by atoms with Gasteiger partial charge in [0.1, 0.15) is 18.1 Å². The zero-order valence-corrected chi connectivity index (χ0v) is 18.1. The number of thiazole rings is 1. The van der Waals surface area contributed by atoms with Gasteiger partial charge in [0.25, 0.3) is 5.91 Å². The van der Waals surface area contributed by atoms with Crippen molar-refractivity contribution in [3.63, 3.8) is 0 Å². The zero-order chi connectivity index (χ0) is 20.9. The first-order chi connectivity index (χ1) is 14.6. The summed E-state index contributed by atoms with van der Waals surface area (Å²) in [5.74, 6) is 2.11. The average Bonchev–Trinajstić information content (AvgIpc) is 3.51. The van der Waals surface area contributed by atoms with E-state index in [4.69, 9.17) is 9.47 Å². The number of carbonyl (C=O) groups excluding carboxylic acids is 1. The summed E-state index contributed by atoms with van der Waals surface area (Å²) in [6, 6.07) is 15.5. The summed E-state index contributed by atoms with van der Waals surface area (Å²) in [5.41, 5.74) is 4.41. The van der Waals surface area contributed by atoms with Crippen LogP contribution in [0.3, 0.4) is 0 Å². The molecule has 1 fully saturated rings. The minimum atomic E-state index is 0.0318. The lowest BCUT2D eigenvalue weighted by Gasteiger charge is -2.30. The van der Waals surface area contributed by atoms with Crippen LogP contribution in [0.2, 0.25) is 0 Å². The van der Waals surface area contributed by atoms with Gasteiger partial charge in [0.05, 0.1) is 18.3 Å². The van der Waals surface area contributed by atoms with Gasteiger partial charge in [-0.2, -0.15) is 0 Å². The lowest BCUT2D eigenvalue weighted by atomic mass is 10.1. The number of ether oxygens (including phenoxy) is 2. The van der Waals surface area contributed by atoms with Crippen molar-refractivity contribution in [1.82, 2.24) is 9.88 Å². The van der Waals surface area contributed by atoms with E-state index < -0.39 is 0 Å². The maximum Gasteiger partial charge on any atom is 0.254 e. The third-order valence-electron chi connectivity index (χ3n) is 5.52. The Morgan fingerprint density at radius 3 is 2.67 bits per heavy atom. The van der Waals surface area contributed by atoms with E-state index in [1.807, 2.05) is 58.8 Å². The molecule has 4 rings (SSSR count). The van der Waals surface area contributed by atoms with Gasteiger partial charge in [-0.1, -0.05) is 18.2 Å². The van der Waals surface area contributed by atoms with Crippen LogP contribution in [0.15, 0.2) is 59.4 Å². The van der Waals surface area contributed by atoms with Gasteiger partial charge in [0, 0.05) is 23.5 Å². The Balaban J connectivity index is 1.51. The summed E-state index contributed by atoms with van der Waals surface area (Å²) < 4.78 is 11.1. The maximum atomic E-state index is 13.5. The highest BCUT2D eigenvalue weighted by Crippen LogP contribution is 2.36. The number of rotatable bonds is 9. The number of hydrogen-bond acceptors (Lipinski definition) is 5. The summed E-state index contributed by atoms with van der Waals surface area (Å²) >= 11 is 1.54. The average molecular weight is 423 g/mol. The molecule has 0 N–H and O–H groups in total. The zero-order valence-electron chi connectivity index (χ0n) is 17.3. The summed E-state index contributed by atoms with van der Waals surface area (Å²) in [7, 11) is 1.66. The minimum Gasteiger partial charge on any atom is -0.497 e. The van der Waals surface area contributed by atoms with Crippen molar-refractivity contribution >= 4 is 17.2 Å². The third kappa shape index (κ3) is 5.00. The van der Waals surface area contributed by atoms with Crippen molar-refractivity contribution in [2.75, 3.05) is 7.11 Å². The highest BCUT2D eigenvalue weighted by atomic mass is 32.1. The summed E-state index contributed by atoms with van der Waals surface area (Å²) in [4.78, 5) is 19.7. The molecule has 1 aliphatic carbocycles. The molecule has 1 atom stereocenters. The second-order valence-electron chi connectivity index (χ2n) is 7.66. The highest BCUT2D eigenvalue weighted by Gasteiger charge is 2.34. The predicted molar refractivity (Wildman–Crippen MR) is 118 cm³/mol. The van der Waals surface area contributed by atoms with Crippen LogP contribution in [-0.4, -0.2) is 28.9 Å². The van der Waals surface area contributed by atoms with Gasteiger partial charge in [0.2, 0.25) is 0 Å². The molecule has 1 amide bonds. The number of nitrogens with zero attached hydrogens (tertiary/aromatic N) is 2. The van der Waals surface area contributed by atoms with Crippen LogP contribution in [-0.2, 0) is 13.2 Å². The highest BCUT2D eigenvalue weighted by molar-refractivity contribution is 7.07. The first kappa shape index (κ1) is 20.4. The van der Waals surface area contributed by atoms with Gasteiger partial charge in [-0.05, 0) is 61.6 Å². The normalized spacial score (nSPS) is 14.2. The van der Waals surface area contributed by atoms with E-state index in [9.17, 15) is 4.79 Å². The number of aromatic nitrogens is 1. The van der Waals surface area contributed by atoms with Crippen LogP contribution >= 0.6 is 11.3 Å². The summed E-state index contributed by atoms with van der Waals surface area (Å²) in [6.45, 7) is 3.13. The Labute approximate surface area is 181 Å². The van der Waals surface area contributed by atoms with Crippen LogP contribution in [0, 0.1) is 5.92 Å². The number of benzene rings is 2. The van der Waals surface area contributed by atoms with E-state index in [0.717, 1.165) is 17.0 Å². The molecule has 5 nitrogen and oxygen atoms in total. The van der Waals surface area contributed by atoms with Crippen molar-refractivity contribution in [2.45, 2.75) is 39.0 Å². The number of carbonyl (C=O) groups is 1. The lowest BCUT2D eigenvalue weighted by molar-refractivity contribution is 0.0654. The molecule has 1 aliphatic rings. The Morgan fingerprint density at radius 1 is 1.20 bits per heavy atom. The van der Waals surface area contributed by atoms with E-state index >= 15 is 0 Å². The molecular weight excluding hydrogens is 396 g/mol. The SMILES string of the molecule is COc1ccc(CN(C(=O)c2cccc(OCc3cscn3)c2)C(C)C2CC2)cc1. The molecule has 1 saturated carbocycles. The second-order valence-corrected chi connectivity index (χ2v) is 8.37. The fourth-order valence-corrected chi connectivity index (χ4v) is 4.06. The number of methoxy groups -OCH3 is 1. The Kier molecular flexibility index (Phi) is 6.33. The Bertz CT molecular complexity index is 968. The Hall–Kier alpha value is -2.86. The van der Waals surface area contributed by atoms with Crippen LogP contribution in [0.1, 0.15) is 41.4 Å². The van der Waals surface area contributed by atoms with Gasteiger partial charge < -0.3 is 14.4 Å². The molecule has 1 aromatic heterocycles. The molecule has 30 heavy (non-hydrogen) atoms. The van der Waals surface area contributed by atoms with E-state index in [0.29, 0.717) is 30.4 Å². The molecular formula is C24H26N2O3S. The summed E-state index contributed by atoms with van der Waals surface area (Å²) in [6.07, 6.45) is 2.37. The Morgan fingerprint density at radius 2 is 2.00 bits per heavy atom. The molecule has 1 unspecified atom stereocenters. The molecule has 0 aliphatic heterocycles. The molecule has 0 spiro atoms. The second kappa shape index (κ2) is 9.30. The molecule has 6 heteroatoms. The molecule has 156 valence electrons. The van der Waals surface area contributed by atoms with Crippen molar-refractivity contribution in [3.05, 3.63) is 76.2 Å². The molecule has 2 aromatic carbocycles. The molecule has 0 radical (unpaired) electrons. The third-order valence-corrected chi connectivity index (χ3v) is 6.16. The lowest BCUT2D eigenvalue weighted by Crippen LogP contribution is -2.39. The molecule has 3 aromatic rings. The van der Waals surface area contributed by atoms with Crippen molar-refractivity contribution in [1.29, 1.82) is 0 Å². The van der Waals surface area contributed by atoms with Crippen molar-refractivity contribution < 1.29 is 14.3 Å². The van der Waals surface area contributed by atoms with E-state index in [-0.39, 0.29) is 11.9 Å². The fourth-order valence-electron chi connectivity index (χ4n) is 3.51. The van der Waals surface area contributed by atoms with Crippen molar-refractivity contribution in [3.8, 4) is 11.5 Å². The predicted octanol–water partition coefficient (Wildman–Crippen LogP) is 5.17. The van der Waals surface area contributed by atoms with Gasteiger partial charge in [-0.3, -0.25) is 4.79 Å². The molecule has 1 heterocycles. The number of amides is 1. The van der Waals surface area contributed by atoms with E-state index in [1.165, 1.54) is 12.8 Å². The van der Waals surface area contributed by atoms with Crippen LogP contribution in [0.25, 0.3) is 0 Å². The van der Waals surface area contributed by atoms with Crippen molar-refractivity contribution in [2.24, 2.45) is 5.92 Å².